The molecule has 0 aliphatic heterocycles. The molecule has 342 valence electrons. The van der Waals surface area contributed by atoms with E-state index in [1.165, 1.54) is 135 Å². The van der Waals surface area contributed by atoms with Crippen LogP contribution in [0.3, 0.4) is 0 Å². The van der Waals surface area contributed by atoms with Crippen molar-refractivity contribution in [2.45, 2.75) is 244 Å². The molecule has 0 aromatic carbocycles. The second kappa shape index (κ2) is 37.2. The first kappa shape index (κ1) is 56.4. The number of phosphoric ester groups is 1. The number of unbranched alkanes of at least 4 members (excludes halogenated alkanes) is 26. The molecule has 5 atom stereocenters. The van der Waals surface area contributed by atoms with Gasteiger partial charge in [-0.05, 0) is 18.8 Å². The Labute approximate surface area is 352 Å². The van der Waals surface area contributed by atoms with Gasteiger partial charge in [0.25, 0.3) is 7.82 Å². The number of amides is 1. The van der Waals surface area contributed by atoms with Crippen LogP contribution in [0.1, 0.15) is 220 Å². The van der Waals surface area contributed by atoms with Crippen molar-refractivity contribution in [2.24, 2.45) is 5.92 Å². The summed E-state index contributed by atoms with van der Waals surface area (Å²) in [5.41, 5.74) is 0. The second-order valence-corrected chi connectivity index (χ2v) is 20.0. The Morgan fingerprint density at radius 2 is 0.965 bits per heavy atom. The van der Waals surface area contributed by atoms with Gasteiger partial charge in [-0.3, -0.25) is 9.36 Å². The molecular weight excluding hydrogens is 739 g/mol. The van der Waals surface area contributed by atoms with Crippen LogP contribution in [0.5, 0.6) is 0 Å². The Hall–Kier alpha value is -0.580. The number of carbonyl (C=O) groups is 1. The summed E-state index contributed by atoms with van der Waals surface area (Å²) in [6.45, 7) is 6.53. The predicted octanol–water partition coefficient (Wildman–Crippen LogP) is 10.5. The molecule has 0 spiro atoms. The molecule has 4 N–H and O–H groups in total. The van der Waals surface area contributed by atoms with E-state index in [1.807, 2.05) is 21.1 Å². The zero-order valence-corrected chi connectivity index (χ0v) is 39.1. The van der Waals surface area contributed by atoms with Gasteiger partial charge in [-0.25, -0.2) is 0 Å². The van der Waals surface area contributed by atoms with Gasteiger partial charge in [-0.15, -0.1) is 0 Å². The van der Waals surface area contributed by atoms with Crippen molar-refractivity contribution in [1.82, 2.24) is 5.32 Å². The van der Waals surface area contributed by atoms with E-state index in [1.54, 1.807) is 0 Å². The molecule has 0 heterocycles. The molecule has 0 fully saturated rings. The largest absolute Gasteiger partial charge is 0.756 e. The van der Waals surface area contributed by atoms with Crippen LogP contribution < -0.4 is 10.2 Å². The zero-order chi connectivity index (χ0) is 42.6. The summed E-state index contributed by atoms with van der Waals surface area (Å²) in [4.78, 5) is 25.5. The van der Waals surface area contributed by atoms with Crippen molar-refractivity contribution in [1.29, 1.82) is 0 Å². The highest BCUT2D eigenvalue weighted by Gasteiger charge is 2.31. The van der Waals surface area contributed by atoms with E-state index in [2.05, 4.69) is 26.1 Å². The quantitative estimate of drug-likeness (QED) is 0.0270. The summed E-state index contributed by atoms with van der Waals surface area (Å²) in [5, 5.41) is 35.1. The van der Waals surface area contributed by atoms with Crippen LogP contribution in [0.15, 0.2) is 0 Å². The van der Waals surface area contributed by atoms with E-state index in [0.29, 0.717) is 30.3 Å². The summed E-state index contributed by atoms with van der Waals surface area (Å²) >= 11 is 0. The van der Waals surface area contributed by atoms with Crippen molar-refractivity contribution < 1.29 is 43.1 Å². The first-order valence-electron chi connectivity index (χ1n) is 23.9. The van der Waals surface area contributed by atoms with Crippen LogP contribution in [0.2, 0.25) is 0 Å². The van der Waals surface area contributed by atoms with Crippen molar-refractivity contribution >= 4 is 13.7 Å². The average Bonchev–Trinajstić information content (AvgIpc) is 3.15. The third-order valence-corrected chi connectivity index (χ3v) is 12.2. The van der Waals surface area contributed by atoms with Crippen molar-refractivity contribution in [3.63, 3.8) is 0 Å². The maximum absolute atomic E-state index is 13.0. The highest BCUT2D eigenvalue weighted by molar-refractivity contribution is 7.45. The zero-order valence-electron chi connectivity index (χ0n) is 38.2. The van der Waals surface area contributed by atoms with Gasteiger partial charge in [0, 0.05) is 0 Å². The van der Waals surface area contributed by atoms with Crippen molar-refractivity contribution in [3.05, 3.63) is 0 Å². The van der Waals surface area contributed by atoms with E-state index in [9.17, 15) is 29.6 Å². The van der Waals surface area contributed by atoms with E-state index in [4.69, 9.17) is 9.05 Å². The minimum Gasteiger partial charge on any atom is -0.756 e. The lowest BCUT2D eigenvalue weighted by Crippen LogP contribution is -2.53. The number of aliphatic hydroxyl groups excluding tert-OH is 3. The van der Waals surface area contributed by atoms with E-state index in [0.717, 1.165) is 44.4 Å². The first-order valence-corrected chi connectivity index (χ1v) is 25.4. The molecule has 2 unspecified atom stereocenters. The van der Waals surface area contributed by atoms with Crippen LogP contribution in [-0.4, -0.2) is 91.0 Å². The molecule has 11 heteroatoms. The number of hydrogen-bond acceptors (Lipinski definition) is 8. The lowest BCUT2D eigenvalue weighted by atomic mass is 9.99. The molecule has 0 aromatic rings. The lowest BCUT2D eigenvalue weighted by Gasteiger charge is -2.31. The highest BCUT2D eigenvalue weighted by Crippen LogP contribution is 2.38. The van der Waals surface area contributed by atoms with E-state index in [-0.39, 0.29) is 13.0 Å². The third kappa shape index (κ3) is 38.1. The fourth-order valence-electron chi connectivity index (χ4n) is 7.27. The molecular formula is C46H95N2O8P. The summed E-state index contributed by atoms with van der Waals surface area (Å²) in [6.07, 6.45) is 32.2. The van der Waals surface area contributed by atoms with Gasteiger partial charge in [-0.2, -0.15) is 0 Å². The number of nitrogens with one attached hydrogen (secondary N) is 1. The van der Waals surface area contributed by atoms with Gasteiger partial charge in [0.2, 0.25) is 5.91 Å². The standard InChI is InChI=1S/C46H95N2O8P/c1-7-8-9-10-11-12-13-14-15-16-17-18-19-20-21-22-23-28-31-34-37-44(50)46(52)47-42(40-56-57(53,54)55-39-38-48(4,5)6)45(51)43(49)36-33-30-27-25-24-26-29-32-35-41(2)3/h41-45,49-51H,7-40H2,1-6H3,(H-,47,52,53,54)/t42-,43+,44?,45-/m0/s1. The first-order chi connectivity index (χ1) is 27.2. The lowest BCUT2D eigenvalue weighted by molar-refractivity contribution is -0.870. The third-order valence-electron chi connectivity index (χ3n) is 11.2. The minimum absolute atomic E-state index is 0.0807. The molecule has 57 heavy (non-hydrogen) atoms. The summed E-state index contributed by atoms with van der Waals surface area (Å²) < 4.78 is 23.1. The SMILES string of the molecule is CCCCCCCCCCCCCCCCCCCCCCC(O)C(=O)N[C@@H](COP(=O)([O-])OCC[N+](C)(C)C)[C@H](O)[C@H](O)CCCCCCCCCCC(C)C. The molecule has 0 aliphatic rings. The maximum atomic E-state index is 13.0. The van der Waals surface area contributed by atoms with Gasteiger partial charge in [0.15, 0.2) is 0 Å². The van der Waals surface area contributed by atoms with Crippen LogP contribution in [0, 0.1) is 5.92 Å². The van der Waals surface area contributed by atoms with E-state index < -0.39 is 44.7 Å². The fraction of sp³-hybridized carbons (Fsp3) is 0.978. The highest BCUT2D eigenvalue weighted by atomic mass is 31.2. The molecule has 0 aromatic heterocycles. The molecule has 0 saturated heterocycles. The number of carbonyl (C=O) groups excluding carboxylic acids is 1. The Balaban J connectivity index is 4.45. The number of rotatable bonds is 43. The maximum Gasteiger partial charge on any atom is 0.268 e. The molecule has 0 aliphatic carbocycles. The summed E-state index contributed by atoms with van der Waals surface area (Å²) in [5.74, 6) is 0.0399. The fourth-order valence-corrected chi connectivity index (χ4v) is 7.99. The molecule has 0 radical (unpaired) electrons. The molecule has 0 rings (SSSR count). The Kier molecular flexibility index (Phi) is 36.8. The van der Waals surface area contributed by atoms with E-state index >= 15 is 0 Å². The van der Waals surface area contributed by atoms with Gasteiger partial charge < -0.3 is 39.1 Å². The number of likely N-dealkylation sites (N-methyl/N-ethyl adjacent to an activating group) is 1. The molecule has 1 amide bonds. The smallest absolute Gasteiger partial charge is 0.268 e. The Bertz CT molecular complexity index is 950. The topological polar surface area (TPSA) is 148 Å². The predicted molar refractivity (Wildman–Crippen MR) is 236 cm³/mol. The summed E-state index contributed by atoms with van der Waals surface area (Å²) in [7, 11) is 0.989. The molecule has 0 saturated carbocycles. The van der Waals surface area contributed by atoms with Gasteiger partial charge in [0.05, 0.1) is 39.9 Å². The average molecular weight is 835 g/mol. The molecule has 0 bridgehead atoms. The Morgan fingerprint density at radius 1 is 0.596 bits per heavy atom. The van der Waals surface area contributed by atoms with Crippen molar-refractivity contribution in [2.75, 3.05) is 40.9 Å². The van der Waals surface area contributed by atoms with Crippen LogP contribution in [0.4, 0.5) is 0 Å². The van der Waals surface area contributed by atoms with Crippen LogP contribution in [-0.2, 0) is 18.4 Å². The normalized spacial score (nSPS) is 15.4. The van der Waals surface area contributed by atoms with Gasteiger partial charge in [-0.1, -0.05) is 207 Å². The number of phosphoric acid groups is 1. The minimum atomic E-state index is -4.74. The second-order valence-electron chi connectivity index (χ2n) is 18.6. The number of aliphatic hydroxyl groups is 3. The van der Waals surface area contributed by atoms with Crippen LogP contribution in [0.25, 0.3) is 0 Å². The number of quaternary nitrogens is 1. The number of hydrogen-bond donors (Lipinski definition) is 4. The van der Waals surface area contributed by atoms with Crippen LogP contribution >= 0.6 is 7.82 Å². The monoisotopic (exact) mass is 835 g/mol. The van der Waals surface area contributed by atoms with Crippen molar-refractivity contribution in [3.8, 4) is 0 Å². The number of nitrogens with zero attached hydrogens (tertiary/aromatic N) is 1. The van der Waals surface area contributed by atoms with Gasteiger partial charge >= 0.3 is 0 Å². The molecule has 10 nitrogen and oxygen atoms in total. The summed E-state index contributed by atoms with van der Waals surface area (Å²) in [6, 6.07) is -1.24. The van der Waals surface area contributed by atoms with Gasteiger partial charge in [0.1, 0.15) is 25.4 Å². The Morgan fingerprint density at radius 3 is 1.35 bits per heavy atom.